The zero-order valence-corrected chi connectivity index (χ0v) is 17.2. The van der Waals surface area contributed by atoms with Crippen molar-refractivity contribution >= 4 is 17.4 Å². The molecule has 0 saturated carbocycles. The van der Waals surface area contributed by atoms with Crippen LogP contribution in [0.15, 0.2) is 72.9 Å². The van der Waals surface area contributed by atoms with Crippen molar-refractivity contribution in [2.75, 3.05) is 32.2 Å². The highest BCUT2D eigenvalue weighted by Crippen LogP contribution is 2.27. The summed E-state index contributed by atoms with van der Waals surface area (Å²) in [6.07, 6.45) is 2.54. The molecule has 4 rings (SSSR count). The standard InChI is InChI=1S/C24H25N3O3/c1-26(23-5-3-4-14-25-23)19-8-12-22(13-9-19)30-21-10-6-18(7-11-21)15-20-16-29-17-24(28)27(20)2/h3-14,20H,15-17H2,1-2H3. The van der Waals surface area contributed by atoms with Crippen LogP contribution < -0.4 is 9.64 Å². The van der Waals surface area contributed by atoms with Gasteiger partial charge in [-0.2, -0.15) is 0 Å². The molecule has 154 valence electrons. The van der Waals surface area contributed by atoms with Crippen LogP contribution >= 0.6 is 0 Å². The van der Waals surface area contributed by atoms with Crippen LogP contribution in [0.2, 0.25) is 0 Å². The molecule has 1 aliphatic heterocycles. The lowest BCUT2D eigenvalue weighted by Gasteiger charge is -2.32. The highest BCUT2D eigenvalue weighted by molar-refractivity contribution is 5.78. The molecule has 2 aromatic carbocycles. The normalized spacial score (nSPS) is 16.4. The van der Waals surface area contributed by atoms with Crippen molar-refractivity contribution in [3.63, 3.8) is 0 Å². The third kappa shape index (κ3) is 4.60. The first kappa shape index (κ1) is 19.9. The van der Waals surface area contributed by atoms with Crippen LogP contribution in [-0.4, -0.2) is 49.1 Å². The summed E-state index contributed by atoms with van der Waals surface area (Å²) < 4.78 is 11.3. The Balaban J connectivity index is 1.37. The van der Waals surface area contributed by atoms with Gasteiger partial charge in [-0.1, -0.05) is 18.2 Å². The van der Waals surface area contributed by atoms with E-state index in [9.17, 15) is 4.79 Å². The molecular weight excluding hydrogens is 378 g/mol. The Labute approximate surface area is 176 Å². The Morgan fingerprint density at radius 1 is 1.07 bits per heavy atom. The Morgan fingerprint density at radius 3 is 2.43 bits per heavy atom. The Bertz CT molecular complexity index is 975. The van der Waals surface area contributed by atoms with Gasteiger partial charge in [0.1, 0.15) is 23.9 Å². The number of carbonyl (C=O) groups is 1. The van der Waals surface area contributed by atoms with Gasteiger partial charge in [-0.05, 0) is 60.5 Å². The van der Waals surface area contributed by atoms with E-state index in [4.69, 9.17) is 9.47 Å². The zero-order chi connectivity index (χ0) is 20.9. The molecule has 3 aromatic rings. The first-order valence-electron chi connectivity index (χ1n) is 9.95. The number of likely N-dealkylation sites (N-methyl/N-ethyl adjacent to an activating group) is 1. The predicted molar refractivity (Wildman–Crippen MR) is 116 cm³/mol. The molecule has 0 bridgehead atoms. The molecule has 1 unspecified atom stereocenters. The molecule has 0 spiro atoms. The van der Waals surface area contributed by atoms with Gasteiger partial charge >= 0.3 is 0 Å². The van der Waals surface area contributed by atoms with Gasteiger partial charge in [0.15, 0.2) is 0 Å². The fourth-order valence-electron chi connectivity index (χ4n) is 3.42. The van der Waals surface area contributed by atoms with E-state index in [0.717, 1.165) is 35.0 Å². The van der Waals surface area contributed by atoms with E-state index < -0.39 is 0 Å². The van der Waals surface area contributed by atoms with E-state index in [-0.39, 0.29) is 18.6 Å². The quantitative estimate of drug-likeness (QED) is 0.622. The van der Waals surface area contributed by atoms with Crippen LogP contribution in [0.4, 0.5) is 11.5 Å². The topological polar surface area (TPSA) is 54.9 Å². The molecule has 6 heteroatoms. The summed E-state index contributed by atoms with van der Waals surface area (Å²) in [4.78, 5) is 19.9. The second kappa shape index (κ2) is 8.97. The molecule has 6 nitrogen and oxygen atoms in total. The van der Waals surface area contributed by atoms with Crippen molar-refractivity contribution < 1.29 is 14.3 Å². The molecule has 2 heterocycles. The molecule has 1 aliphatic rings. The summed E-state index contributed by atoms with van der Waals surface area (Å²) in [7, 11) is 3.82. The fourth-order valence-corrected chi connectivity index (χ4v) is 3.42. The zero-order valence-electron chi connectivity index (χ0n) is 17.2. The third-order valence-corrected chi connectivity index (χ3v) is 5.32. The number of morpholine rings is 1. The van der Waals surface area contributed by atoms with Crippen molar-refractivity contribution in [2.24, 2.45) is 0 Å². The SMILES string of the molecule is CN(c1ccc(Oc2ccc(CC3COCC(=O)N3C)cc2)cc1)c1ccccn1. The van der Waals surface area contributed by atoms with Gasteiger partial charge in [-0.25, -0.2) is 4.98 Å². The van der Waals surface area contributed by atoms with Crippen molar-refractivity contribution in [3.8, 4) is 11.5 Å². The van der Waals surface area contributed by atoms with Crippen LogP contribution in [0, 0.1) is 0 Å². The number of hydrogen-bond donors (Lipinski definition) is 0. The molecule has 0 aliphatic carbocycles. The van der Waals surface area contributed by atoms with E-state index in [2.05, 4.69) is 4.98 Å². The van der Waals surface area contributed by atoms with Gasteiger partial charge in [-0.15, -0.1) is 0 Å². The van der Waals surface area contributed by atoms with E-state index in [1.807, 2.05) is 85.7 Å². The average molecular weight is 403 g/mol. The van der Waals surface area contributed by atoms with E-state index in [0.29, 0.717) is 6.61 Å². The number of carbonyl (C=O) groups excluding carboxylic acids is 1. The molecule has 1 saturated heterocycles. The highest BCUT2D eigenvalue weighted by atomic mass is 16.5. The van der Waals surface area contributed by atoms with Crippen molar-refractivity contribution in [1.29, 1.82) is 0 Å². The van der Waals surface area contributed by atoms with Crippen molar-refractivity contribution in [1.82, 2.24) is 9.88 Å². The molecule has 1 aromatic heterocycles. The summed E-state index contributed by atoms with van der Waals surface area (Å²) in [5.74, 6) is 2.46. The summed E-state index contributed by atoms with van der Waals surface area (Å²) in [6, 6.07) is 21.8. The largest absolute Gasteiger partial charge is 0.457 e. The monoisotopic (exact) mass is 403 g/mol. The number of anilines is 2. The summed E-state index contributed by atoms with van der Waals surface area (Å²) in [5, 5.41) is 0. The lowest BCUT2D eigenvalue weighted by Crippen LogP contribution is -2.47. The summed E-state index contributed by atoms with van der Waals surface area (Å²) in [6.45, 7) is 0.746. The molecule has 1 atom stereocenters. The Hall–Kier alpha value is -3.38. The second-order valence-corrected chi connectivity index (χ2v) is 7.36. The average Bonchev–Trinajstić information content (AvgIpc) is 2.79. The van der Waals surface area contributed by atoms with E-state index in [1.54, 1.807) is 11.1 Å². The van der Waals surface area contributed by atoms with Crippen LogP contribution in [0.25, 0.3) is 0 Å². The number of ether oxygens (including phenoxy) is 2. The third-order valence-electron chi connectivity index (χ3n) is 5.32. The number of aromatic nitrogens is 1. The summed E-state index contributed by atoms with van der Waals surface area (Å²) >= 11 is 0. The first-order chi connectivity index (χ1) is 14.6. The van der Waals surface area contributed by atoms with Crippen LogP contribution in [0.5, 0.6) is 11.5 Å². The minimum atomic E-state index is 0.0309. The first-order valence-corrected chi connectivity index (χ1v) is 9.95. The number of amides is 1. The number of pyridine rings is 1. The van der Waals surface area contributed by atoms with Gasteiger partial charge < -0.3 is 19.3 Å². The van der Waals surface area contributed by atoms with Gasteiger partial charge in [0.25, 0.3) is 0 Å². The molecule has 0 radical (unpaired) electrons. The molecule has 1 amide bonds. The highest BCUT2D eigenvalue weighted by Gasteiger charge is 2.25. The number of rotatable bonds is 6. The number of nitrogens with zero attached hydrogens (tertiary/aromatic N) is 3. The van der Waals surface area contributed by atoms with E-state index >= 15 is 0 Å². The summed E-state index contributed by atoms with van der Waals surface area (Å²) in [5.41, 5.74) is 2.18. The maximum absolute atomic E-state index is 11.8. The molecule has 30 heavy (non-hydrogen) atoms. The lowest BCUT2D eigenvalue weighted by atomic mass is 10.0. The Morgan fingerprint density at radius 2 is 1.77 bits per heavy atom. The van der Waals surface area contributed by atoms with Crippen LogP contribution in [0.1, 0.15) is 5.56 Å². The van der Waals surface area contributed by atoms with Gasteiger partial charge in [0.2, 0.25) is 5.91 Å². The van der Waals surface area contributed by atoms with Crippen LogP contribution in [-0.2, 0) is 16.0 Å². The lowest BCUT2D eigenvalue weighted by molar-refractivity contribution is -0.145. The van der Waals surface area contributed by atoms with Gasteiger partial charge in [-0.3, -0.25) is 4.79 Å². The maximum Gasteiger partial charge on any atom is 0.248 e. The molecule has 1 fully saturated rings. The van der Waals surface area contributed by atoms with Crippen molar-refractivity contribution in [3.05, 3.63) is 78.5 Å². The Kier molecular flexibility index (Phi) is 5.95. The van der Waals surface area contributed by atoms with Gasteiger partial charge in [0.05, 0.1) is 12.6 Å². The minimum Gasteiger partial charge on any atom is -0.457 e. The smallest absolute Gasteiger partial charge is 0.248 e. The predicted octanol–water partition coefficient (Wildman–Crippen LogP) is 4.04. The van der Waals surface area contributed by atoms with E-state index in [1.165, 1.54) is 0 Å². The molecular formula is C24H25N3O3. The van der Waals surface area contributed by atoms with Crippen LogP contribution in [0.3, 0.4) is 0 Å². The second-order valence-electron chi connectivity index (χ2n) is 7.36. The fraction of sp³-hybridized carbons (Fsp3) is 0.250. The number of benzene rings is 2. The molecule has 0 N–H and O–H groups in total. The van der Waals surface area contributed by atoms with Crippen molar-refractivity contribution in [2.45, 2.75) is 12.5 Å². The maximum atomic E-state index is 11.8. The number of hydrogen-bond acceptors (Lipinski definition) is 5. The minimum absolute atomic E-state index is 0.0309. The van der Waals surface area contributed by atoms with Gasteiger partial charge in [0, 0.05) is 26.0 Å².